The van der Waals surface area contributed by atoms with Crippen LogP contribution in [0.5, 0.6) is 0 Å². The van der Waals surface area contributed by atoms with E-state index in [1.54, 1.807) is 0 Å². The highest BCUT2D eigenvalue weighted by Crippen LogP contribution is 2.18. The molecule has 1 N–H and O–H groups in total. The number of ether oxygens (including phenoxy) is 4. The number of hydrogen-bond acceptors (Lipinski definition) is 7. The highest BCUT2D eigenvalue weighted by atomic mass is 16.7. The van der Waals surface area contributed by atoms with Crippen molar-refractivity contribution in [2.75, 3.05) is 47.5 Å². The minimum Gasteiger partial charge on any atom is -0.477 e. The summed E-state index contributed by atoms with van der Waals surface area (Å²) in [6, 6.07) is 0. The summed E-state index contributed by atoms with van der Waals surface area (Å²) < 4.78 is 22.9. The Morgan fingerprint density at radius 3 is 1.05 bits per heavy atom. The number of unbranched alkanes of at least 4 members (excludes halogenated alkanes) is 33. The Labute approximate surface area is 500 Å². The summed E-state index contributed by atoms with van der Waals surface area (Å²) in [4.78, 5) is 37.5. The van der Waals surface area contributed by atoms with Gasteiger partial charge in [-0.1, -0.05) is 298 Å². The molecule has 9 heteroatoms. The fraction of sp³-hybridized carbons (Fsp3) is 0.764. The molecule has 2 unspecified atom stereocenters. The molecule has 0 fully saturated rings. The van der Waals surface area contributed by atoms with Gasteiger partial charge in [0.2, 0.25) is 0 Å². The Kier molecular flexibility index (Phi) is 59.8. The standard InChI is InChI=1S/C72H127NO8/c1-6-8-10-12-14-16-18-20-22-24-25-26-27-28-29-30-31-32-33-34-35-36-37-38-39-40-41-42-43-44-45-47-49-51-53-55-57-59-61-63-70(75)81-68(67-80-72(71(76)77)78-65-64-73(3,4)5)66-79-69(74)62-60-58-56-54-52-50-48-46-23-21-19-17-15-13-11-9-7-2/h8,10,14,16,20,22,25-26,28-29,31-32,34-35,68,72H,6-7,9,11-13,15,17-19,21,23-24,27,30,33,36-67H2,1-5H3/p+1/b10-8-,16-14-,22-20-,26-25-,29-28-,32-31-,35-34-. The number of carboxylic acid groups (broad SMARTS) is 1. The molecule has 0 radical (unpaired) electrons. The minimum atomic E-state index is -1.51. The fourth-order valence-corrected chi connectivity index (χ4v) is 9.53. The van der Waals surface area contributed by atoms with Crippen LogP contribution in [-0.4, -0.2) is 87.4 Å². The van der Waals surface area contributed by atoms with Crippen LogP contribution in [0, 0.1) is 0 Å². The number of quaternary nitrogens is 1. The summed E-state index contributed by atoms with van der Waals surface area (Å²) in [5.41, 5.74) is 0. The van der Waals surface area contributed by atoms with Crippen molar-refractivity contribution in [3.8, 4) is 0 Å². The van der Waals surface area contributed by atoms with E-state index in [0.717, 1.165) is 83.5 Å². The molecule has 0 heterocycles. The van der Waals surface area contributed by atoms with E-state index in [1.807, 2.05) is 21.1 Å². The normalized spacial score (nSPS) is 13.2. The van der Waals surface area contributed by atoms with Crippen molar-refractivity contribution in [2.24, 2.45) is 0 Å². The molecule has 0 aliphatic carbocycles. The predicted molar refractivity (Wildman–Crippen MR) is 346 cm³/mol. The third-order valence-electron chi connectivity index (χ3n) is 14.7. The fourth-order valence-electron chi connectivity index (χ4n) is 9.53. The summed E-state index contributed by atoms with van der Waals surface area (Å²) in [6.07, 6.45) is 81.2. The van der Waals surface area contributed by atoms with Crippen LogP contribution in [0.2, 0.25) is 0 Å². The summed E-state index contributed by atoms with van der Waals surface area (Å²) in [5.74, 6) is -1.99. The van der Waals surface area contributed by atoms with Gasteiger partial charge in [0.15, 0.2) is 6.10 Å². The largest absolute Gasteiger partial charge is 0.477 e. The Hall–Kier alpha value is -3.53. The lowest BCUT2D eigenvalue weighted by molar-refractivity contribution is -0.870. The van der Waals surface area contributed by atoms with Gasteiger partial charge >= 0.3 is 17.9 Å². The maximum atomic E-state index is 12.9. The second-order valence-electron chi connectivity index (χ2n) is 23.8. The lowest BCUT2D eigenvalue weighted by Gasteiger charge is -2.25. The maximum Gasteiger partial charge on any atom is 0.361 e. The van der Waals surface area contributed by atoms with E-state index in [0.29, 0.717) is 17.4 Å². The van der Waals surface area contributed by atoms with E-state index >= 15 is 0 Å². The van der Waals surface area contributed by atoms with Crippen molar-refractivity contribution < 1.29 is 42.9 Å². The van der Waals surface area contributed by atoms with Gasteiger partial charge in [-0.3, -0.25) is 9.59 Å². The van der Waals surface area contributed by atoms with Gasteiger partial charge in [0.05, 0.1) is 34.4 Å². The molecule has 0 aliphatic heterocycles. The number of likely N-dealkylation sites (N-methyl/N-ethyl adjacent to an activating group) is 1. The van der Waals surface area contributed by atoms with Crippen LogP contribution >= 0.6 is 0 Å². The quantitative estimate of drug-likeness (QED) is 0.0211. The van der Waals surface area contributed by atoms with E-state index < -0.39 is 24.3 Å². The molecule has 0 bridgehead atoms. The number of nitrogens with zero attached hydrogens (tertiary/aromatic N) is 1. The summed E-state index contributed by atoms with van der Waals surface area (Å²) >= 11 is 0. The zero-order chi connectivity index (χ0) is 59.1. The van der Waals surface area contributed by atoms with Gasteiger partial charge in [0, 0.05) is 12.8 Å². The molecule has 2 atom stereocenters. The molecule has 9 nitrogen and oxygen atoms in total. The predicted octanol–water partition coefficient (Wildman–Crippen LogP) is 20.7. The molecule has 0 aromatic carbocycles. The molecule has 0 saturated heterocycles. The molecule has 0 saturated carbocycles. The molecule has 0 aromatic heterocycles. The van der Waals surface area contributed by atoms with Crippen molar-refractivity contribution in [1.82, 2.24) is 0 Å². The second-order valence-corrected chi connectivity index (χ2v) is 23.8. The molecule has 0 aromatic rings. The number of aliphatic carboxylic acids is 1. The molecule has 0 rings (SSSR count). The van der Waals surface area contributed by atoms with Gasteiger partial charge in [-0.2, -0.15) is 0 Å². The van der Waals surface area contributed by atoms with Gasteiger partial charge in [0.25, 0.3) is 6.29 Å². The van der Waals surface area contributed by atoms with Gasteiger partial charge in [0.1, 0.15) is 13.2 Å². The minimum absolute atomic E-state index is 0.179. The number of hydrogen-bond donors (Lipinski definition) is 1. The SMILES string of the molecule is CC/C=C\C/C=C\C/C=C\C/C=C\C/C=C\C/C=C\C/C=C\CCCCCCCCCCCCCCCCCCCC(=O)OC(COC(=O)CCCCCCCCCCCCCCCCCCC)COC(OCC[N+](C)(C)C)C(=O)O. The molecule has 0 spiro atoms. The average Bonchev–Trinajstić information content (AvgIpc) is 3.44. The summed E-state index contributed by atoms with van der Waals surface area (Å²) in [6.45, 7) is 4.80. The van der Waals surface area contributed by atoms with E-state index in [4.69, 9.17) is 18.9 Å². The smallest absolute Gasteiger partial charge is 0.361 e. The maximum absolute atomic E-state index is 12.9. The second kappa shape index (κ2) is 62.5. The van der Waals surface area contributed by atoms with E-state index in [1.165, 1.54) is 186 Å². The number of rotatable bonds is 62. The van der Waals surface area contributed by atoms with Crippen LogP contribution < -0.4 is 0 Å². The van der Waals surface area contributed by atoms with Crippen LogP contribution in [0.15, 0.2) is 85.1 Å². The van der Waals surface area contributed by atoms with Crippen molar-refractivity contribution in [2.45, 2.75) is 309 Å². The Balaban J connectivity index is 4.04. The Morgan fingerprint density at radius 1 is 0.383 bits per heavy atom. The molecule has 0 aliphatic rings. The zero-order valence-electron chi connectivity index (χ0n) is 53.4. The van der Waals surface area contributed by atoms with Gasteiger partial charge in [-0.15, -0.1) is 0 Å². The number of allylic oxidation sites excluding steroid dienone is 14. The highest BCUT2D eigenvalue weighted by molar-refractivity contribution is 5.71. The van der Waals surface area contributed by atoms with Crippen LogP contribution in [-0.2, 0) is 33.3 Å². The molecule has 0 amide bonds. The van der Waals surface area contributed by atoms with Crippen LogP contribution in [0.4, 0.5) is 0 Å². The number of esters is 2. The monoisotopic (exact) mass is 1130 g/mol. The third kappa shape index (κ3) is 63.9. The average molecular weight is 1140 g/mol. The first-order valence-electron chi connectivity index (χ1n) is 33.8. The van der Waals surface area contributed by atoms with E-state index in [-0.39, 0.29) is 32.2 Å². The van der Waals surface area contributed by atoms with Crippen molar-refractivity contribution >= 4 is 17.9 Å². The Bertz CT molecular complexity index is 1600. The first kappa shape index (κ1) is 77.5. The zero-order valence-corrected chi connectivity index (χ0v) is 53.4. The number of carboxylic acids is 1. The van der Waals surface area contributed by atoms with E-state index in [2.05, 4.69) is 98.9 Å². The third-order valence-corrected chi connectivity index (χ3v) is 14.7. The van der Waals surface area contributed by atoms with E-state index in [9.17, 15) is 19.5 Å². The first-order chi connectivity index (χ1) is 39.6. The Morgan fingerprint density at radius 2 is 0.704 bits per heavy atom. The van der Waals surface area contributed by atoms with Crippen molar-refractivity contribution in [3.63, 3.8) is 0 Å². The van der Waals surface area contributed by atoms with Crippen LogP contribution in [0.25, 0.3) is 0 Å². The lowest BCUT2D eigenvalue weighted by atomic mass is 10.0. The van der Waals surface area contributed by atoms with Gasteiger partial charge in [-0.05, 0) is 70.6 Å². The van der Waals surface area contributed by atoms with Crippen molar-refractivity contribution in [1.29, 1.82) is 0 Å². The van der Waals surface area contributed by atoms with Crippen LogP contribution in [0.3, 0.4) is 0 Å². The summed E-state index contributed by atoms with van der Waals surface area (Å²) in [5, 5.41) is 9.73. The lowest BCUT2D eigenvalue weighted by Crippen LogP contribution is -2.40. The summed E-state index contributed by atoms with van der Waals surface area (Å²) in [7, 11) is 5.98. The van der Waals surface area contributed by atoms with Gasteiger partial charge in [-0.25, -0.2) is 4.79 Å². The number of carbonyl (C=O) groups is 3. The topological polar surface area (TPSA) is 108 Å². The highest BCUT2D eigenvalue weighted by Gasteiger charge is 2.25. The van der Waals surface area contributed by atoms with Crippen LogP contribution in [0.1, 0.15) is 296 Å². The first-order valence-corrected chi connectivity index (χ1v) is 33.8. The molecular formula is C72H128NO8+. The van der Waals surface area contributed by atoms with Gasteiger partial charge < -0.3 is 28.5 Å². The molecular weight excluding hydrogens is 1010 g/mol. The van der Waals surface area contributed by atoms with Crippen molar-refractivity contribution in [3.05, 3.63) is 85.1 Å². The molecule has 468 valence electrons. The number of carbonyl (C=O) groups excluding carboxylic acids is 2. The molecule has 81 heavy (non-hydrogen) atoms.